The van der Waals surface area contributed by atoms with Gasteiger partial charge < -0.3 is 9.16 Å². The molecule has 0 aromatic heterocycles. The zero-order valence-electron chi connectivity index (χ0n) is 15.9. The first kappa shape index (κ1) is 20.7. The number of carbonyl (C=O) groups is 1. The van der Waals surface area contributed by atoms with Gasteiger partial charge in [-0.25, -0.2) is 4.79 Å². The average Bonchev–Trinajstić information content (AvgIpc) is 2.93. The largest absolute Gasteiger partial charge is 0.444 e. The maximum absolute atomic E-state index is 12.9. The quantitative estimate of drug-likeness (QED) is 0.348. The van der Waals surface area contributed by atoms with Gasteiger partial charge in [-0.1, -0.05) is 73.7 Å². The van der Waals surface area contributed by atoms with Gasteiger partial charge in [0, 0.05) is 17.4 Å². The number of amides is 1. The van der Waals surface area contributed by atoms with Crippen molar-refractivity contribution in [2.24, 2.45) is 11.3 Å². The van der Waals surface area contributed by atoms with Crippen LogP contribution >= 0.6 is 22.6 Å². The van der Waals surface area contributed by atoms with Crippen LogP contribution in [0.1, 0.15) is 32.8 Å². The van der Waals surface area contributed by atoms with Crippen LogP contribution in [0, 0.1) is 11.3 Å². The molecule has 1 aliphatic heterocycles. The van der Waals surface area contributed by atoms with Gasteiger partial charge in [-0.2, -0.15) is 0 Å². The van der Waals surface area contributed by atoms with Crippen LogP contribution in [0.2, 0.25) is 13.1 Å². The second-order valence-electron chi connectivity index (χ2n) is 8.16. The van der Waals surface area contributed by atoms with Crippen molar-refractivity contribution in [2.75, 3.05) is 11.0 Å². The molecular formula is C19H30INO3Si. The van der Waals surface area contributed by atoms with Gasteiger partial charge in [0.1, 0.15) is 12.3 Å². The molecule has 1 heterocycles. The predicted octanol–water partition coefficient (Wildman–Crippen LogP) is 4.82. The molecule has 140 valence electrons. The highest BCUT2D eigenvalue weighted by molar-refractivity contribution is 14.1. The Labute approximate surface area is 167 Å². The van der Waals surface area contributed by atoms with E-state index in [9.17, 15) is 4.79 Å². The van der Waals surface area contributed by atoms with E-state index in [1.807, 2.05) is 35.2 Å². The van der Waals surface area contributed by atoms with E-state index < -0.39 is 14.8 Å². The molecule has 0 aliphatic carbocycles. The van der Waals surface area contributed by atoms with Crippen molar-refractivity contribution in [3.8, 4) is 0 Å². The van der Waals surface area contributed by atoms with Crippen LogP contribution < -0.4 is 0 Å². The molecular weight excluding hydrogens is 445 g/mol. The highest BCUT2D eigenvalue weighted by atomic mass is 127. The summed E-state index contributed by atoms with van der Waals surface area (Å²) in [7, 11) is -1.30. The normalized spacial score (nSPS) is 24.0. The molecule has 1 amide bonds. The summed E-state index contributed by atoms with van der Waals surface area (Å²) in [4.78, 5) is 14.7. The smallest absolute Gasteiger partial charge is 0.412 e. The highest BCUT2D eigenvalue weighted by Gasteiger charge is 2.52. The standard InChI is InChI=1S/C19H30INO3Si/c1-18(2,3)16-11-19(14-20,24-25(4)5)21(12-16)17(22)23-13-15-9-7-6-8-10-15/h6-10,16,25H,11-14H2,1-5H3/t16-,19-/m0/s1. The predicted molar refractivity (Wildman–Crippen MR) is 112 cm³/mol. The van der Waals surface area contributed by atoms with E-state index in [1.54, 1.807) is 0 Å². The fourth-order valence-corrected chi connectivity index (χ4v) is 5.70. The Kier molecular flexibility index (Phi) is 6.95. The van der Waals surface area contributed by atoms with E-state index in [0.717, 1.165) is 16.4 Å². The summed E-state index contributed by atoms with van der Waals surface area (Å²) in [6.07, 6.45) is 0.618. The number of rotatable bonds is 5. The molecule has 2 rings (SSSR count). The molecule has 0 bridgehead atoms. The second kappa shape index (κ2) is 8.39. The van der Waals surface area contributed by atoms with Crippen LogP contribution in [0.4, 0.5) is 4.79 Å². The van der Waals surface area contributed by atoms with Crippen molar-refractivity contribution >= 4 is 37.7 Å². The Morgan fingerprint density at radius 2 is 1.96 bits per heavy atom. The third kappa shape index (κ3) is 5.20. The van der Waals surface area contributed by atoms with Gasteiger partial charge in [0.2, 0.25) is 0 Å². The highest BCUT2D eigenvalue weighted by Crippen LogP contribution is 2.44. The van der Waals surface area contributed by atoms with Crippen LogP contribution in [0.25, 0.3) is 0 Å². The first-order chi connectivity index (χ1) is 11.7. The van der Waals surface area contributed by atoms with Crippen LogP contribution in [0.3, 0.4) is 0 Å². The Morgan fingerprint density at radius 3 is 2.48 bits per heavy atom. The summed E-state index contributed by atoms with van der Waals surface area (Å²) < 4.78 is 12.8. The number of hydrogen-bond donors (Lipinski definition) is 0. The SMILES string of the molecule is C[SiH](C)O[C@]1(CI)C[C@H](C(C)(C)C)CN1C(=O)OCc1ccccc1. The van der Waals surface area contributed by atoms with Gasteiger partial charge in [0.25, 0.3) is 0 Å². The maximum atomic E-state index is 12.9. The van der Waals surface area contributed by atoms with Crippen molar-refractivity contribution in [1.82, 2.24) is 4.90 Å². The Morgan fingerprint density at radius 1 is 1.32 bits per heavy atom. The zero-order chi connectivity index (χ0) is 18.7. The summed E-state index contributed by atoms with van der Waals surface area (Å²) in [5.74, 6) is 0.402. The summed E-state index contributed by atoms with van der Waals surface area (Å²) in [5, 5.41) is 0. The lowest BCUT2D eigenvalue weighted by atomic mass is 9.79. The number of alkyl halides is 1. The fourth-order valence-electron chi connectivity index (χ4n) is 3.27. The van der Waals surface area contributed by atoms with Crippen molar-refractivity contribution in [3.05, 3.63) is 35.9 Å². The van der Waals surface area contributed by atoms with E-state index in [-0.39, 0.29) is 11.5 Å². The Bertz CT molecular complexity index is 576. The topological polar surface area (TPSA) is 38.8 Å². The second-order valence-corrected chi connectivity index (χ2v) is 11.3. The molecule has 1 aliphatic rings. The molecule has 0 unspecified atom stereocenters. The lowest BCUT2D eigenvalue weighted by Crippen LogP contribution is -2.52. The lowest BCUT2D eigenvalue weighted by Gasteiger charge is -2.38. The average molecular weight is 475 g/mol. The molecule has 1 aromatic carbocycles. The first-order valence-electron chi connectivity index (χ1n) is 8.90. The Balaban J connectivity index is 2.16. The van der Waals surface area contributed by atoms with Gasteiger partial charge in [-0.3, -0.25) is 4.90 Å². The molecule has 0 N–H and O–H groups in total. The minimum absolute atomic E-state index is 0.132. The minimum Gasteiger partial charge on any atom is -0.444 e. The van der Waals surface area contributed by atoms with Crippen LogP contribution in [0.5, 0.6) is 0 Å². The van der Waals surface area contributed by atoms with Crippen LogP contribution in [-0.4, -0.2) is 36.7 Å². The number of hydrogen-bond acceptors (Lipinski definition) is 3. The number of carbonyl (C=O) groups excluding carboxylic acids is 1. The minimum atomic E-state index is -1.30. The molecule has 1 aromatic rings. The lowest BCUT2D eigenvalue weighted by molar-refractivity contribution is -0.0336. The molecule has 0 radical (unpaired) electrons. The molecule has 2 atom stereocenters. The number of nitrogens with zero attached hydrogens (tertiary/aromatic N) is 1. The van der Waals surface area contributed by atoms with E-state index in [2.05, 4.69) is 56.5 Å². The molecule has 0 spiro atoms. The number of halogens is 1. The third-order valence-electron chi connectivity index (χ3n) is 4.77. The zero-order valence-corrected chi connectivity index (χ0v) is 19.2. The van der Waals surface area contributed by atoms with E-state index in [4.69, 9.17) is 9.16 Å². The number of ether oxygens (including phenoxy) is 1. The number of likely N-dealkylation sites (tertiary alicyclic amines) is 1. The summed E-state index contributed by atoms with van der Waals surface area (Å²) >= 11 is 2.35. The summed E-state index contributed by atoms with van der Waals surface area (Å²) in [6.45, 7) is 12.0. The van der Waals surface area contributed by atoms with Gasteiger partial charge in [0.15, 0.2) is 9.04 Å². The maximum Gasteiger partial charge on any atom is 0.412 e. The summed E-state index contributed by atoms with van der Waals surface area (Å²) in [6, 6.07) is 9.81. The van der Waals surface area contributed by atoms with E-state index in [1.165, 1.54) is 0 Å². The third-order valence-corrected chi connectivity index (χ3v) is 6.88. The molecule has 1 saturated heterocycles. The van der Waals surface area contributed by atoms with Gasteiger partial charge in [-0.15, -0.1) is 0 Å². The van der Waals surface area contributed by atoms with Crippen molar-refractivity contribution in [2.45, 2.75) is 52.6 Å². The van der Waals surface area contributed by atoms with Crippen molar-refractivity contribution in [1.29, 1.82) is 0 Å². The molecule has 25 heavy (non-hydrogen) atoms. The summed E-state index contributed by atoms with van der Waals surface area (Å²) in [5.41, 5.74) is 0.613. The first-order valence-corrected chi connectivity index (χ1v) is 13.2. The molecule has 6 heteroatoms. The molecule has 1 fully saturated rings. The fraction of sp³-hybridized carbons (Fsp3) is 0.632. The monoisotopic (exact) mass is 475 g/mol. The Hall–Kier alpha value is -0.603. The van der Waals surface area contributed by atoms with Crippen LogP contribution in [0.15, 0.2) is 30.3 Å². The molecule has 4 nitrogen and oxygen atoms in total. The van der Waals surface area contributed by atoms with Crippen molar-refractivity contribution < 1.29 is 14.0 Å². The van der Waals surface area contributed by atoms with Gasteiger partial charge >= 0.3 is 6.09 Å². The molecule has 0 saturated carbocycles. The van der Waals surface area contributed by atoms with Gasteiger partial charge in [-0.05, 0) is 30.0 Å². The van der Waals surface area contributed by atoms with E-state index >= 15 is 0 Å². The number of benzene rings is 1. The van der Waals surface area contributed by atoms with Crippen molar-refractivity contribution in [3.63, 3.8) is 0 Å². The van der Waals surface area contributed by atoms with Gasteiger partial charge in [0.05, 0.1) is 0 Å². The van der Waals surface area contributed by atoms with E-state index in [0.29, 0.717) is 19.1 Å². The van der Waals surface area contributed by atoms with Crippen LogP contribution in [-0.2, 0) is 15.8 Å².